The first-order chi connectivity index (χ1) is 8.70. The zero-order valence-electron chi connectivity index (χ0n) is 9.64. The fraction of sp³-hybridized carbons (Fsp3) is 0.167. The predicted molar refractivity (Wildman–Crippen MR) is 66.6 cm³/mol. The number of aromatic nitrogens is 1. The number of ether oxygens (including phenoxy) is 1. The summed E-state index contributed by atoms with van der Waals surface area (Å²) >= 11 is 5.91. The molecule has 0 unspecified atom stereocenters. The lowest BCUT2D eigenvalue weighted by molar-refractivity contribution is 0.0601. The zero-order chi connectivity index (χ0) is 13.0. The van der Waals surface area contributed by atoms with Crippen molar-refractivity contribution in [3.05, 3.63) is 47.1 Å². The minimum Gasteiger partial charge on any atom is -0.465 e. The van der Waals surface area contributed by atoms with Crippen LogP contribution in [0.15, 0.2) is 35.2 Å². The van der Waals surface area contributed by atoms with E-state index in [-0.39, 0.29) is 0 Å². The van der Waals surface area contributed by atoms with E-state index in [4.69, 9.17) is 16.0 Å². The monoisotopic (exact) mass is 266 g/mol. The second-order valence-corrected chi connectivity index (χ2v) is 3.91. The van der Waals surface area contributed by atoms with Crippen molar-refractivity contribution in [2.24, 2.45) is 0 Å². The van der Waals surface area contributed by atoms with Crippen LogP contribution in [0.1, 0.15) is 16.1 Å². The topological polar surface area (TPSA) is 64.4 Å². The summed E-state index contributed by atoms with van der Waals surface area (Å²) in [4.78, 5) is 15.3. The van der Waals surface area contributed by atoms with Crippen LogP contribution in [0.4, 0.5) is 5.69 Å². The number of anilines is 1. The summed E-state index contributed by atoms with van der Waals surface area (Å²) in [6, 6.07) is 5.03. The second-order valence-electron chi connectivity index (χ2n) is 3.51. The maximum atomic E-state index is 11.5. The fourth-order valence-electron chi connectivity index (χ4n) is 1.42. The molecule has 0 radical (unpaired) electrons. The number of nitrogens with one attached hydrogen (secondary N) is 1. The molecule has 0 amide bonds. The van der Waals surface area contributed by atoms with Crippen molar-refractivity contribution in [3.63, 3.8) is 0 Å². The maximum Gasteiger partial charge on any atom is 0.339 e. The molecule has 0 aliphatic heterocycles. The number of carbonyl (C=O) groups is 1. The highest BCUT2D eigenvalue weighted by Gasteiger charge is 2.11. The van der Waals surface area contributed by atoms with Crippen molar-refractivity contribution in [2.45, 2.75) is 6.54 Å². The molecule has 94 valence electrons. The van der Waals surface area contributed by atoms with Gasteiger partial charge in [0.2, 0.25) is 0 Å². The Morgan fingerprint density at radius 2 is 2.39 bits per heavy atom. The quantitative estimate of drug-likeness (QED) is 0.862. The molecule has 0 atom stereocenters. The Labute approximate surface area is 109 Å². The van der Waals surface area contributed by atoms with Crippen LogP contribution in [0.5, 0.6) is 0 Å². The van der Waals surface area contributed by atoms with Crippen LogP contribution in [0, 0.1) is 0 Å². The third-order valence-corrected chi connectivity index (χ3v) is 2.65. The number of halogens is 1. The summed E-state index contributed by atoms with van der Waals surface area (Å²) in [6.45, 7) is 0.474. The molecule has 0 aliphatic rings. The van der Waals surface area contributed by atoms with E-state index in [1.807, 2.05) is 0 Å². The molecule has 0 spiro atoms. The van der Waals surface area contributed by atoms with E-state index in [1.165, 1.54) is 13.5 Å². The Bertz CT molecular complexity index is 540. The summed E-state index contributed by atoms with van der Waals surface area (Å²) in [5.41, 5.74) is 1.07. The largest absolute Gasteiger partial charge is 0.465 e. The smallest absolute Gasteiger partial charge is 0.339 e. The average molecular weight is 267 g/mol. The van der Waals surface area contributed by atoms with Crippen LogP contribution in [0.25, 0.3) is 0 Å². The number of oxazole rings is 1. The van der Waals surface area contributed by atoms with E-state index >= 15 is 0 Å². The minimum absolute atomic E-state index is 0.321. The summed E-state index contributed by atoms with van der Waals surface area (Å²) in [7, 11) is 1.31. The van der Waals surface area contributed by atoms with E-state index in [1.54, 1.807) is 24.4 Å². The molecule has 2 aromatic rings. The van der Waals surface area contributed by atoms with Gasteiger partial charge in [-0.05, 0) is 18.2 Å². The minimum atomic E-state index is -0.469. The van der Waals surface area contributed by atoms with Crippen LogP contribution in [0.3, 0.4) is 0 Å². The van der Waals surface area contributed by atoms with E-state index in [0.29, 0.717) is 22.9 Å². The lowest BCUT2D eigenvalue weighted by Crippen LogP contribution is -2.04. The lowest BCUT2D eigenvalue weighted by Gasteiger charge is -2.07. The number of rotatable bonds is 4. The van der Waals surface area contributed by atoms with Crippen molar-refractivity contribution in [1.29, 1.82) is 0 Å². The molecule has 0 fully saturated rings. The van der Waals surface area contributed by atoms with Gasteiger partial charge in [0.15, 0.2) is 6.39 Å². The van der Waals surface area contributed by atoms with Gasteiger partial charge in [-0.25, -0.2) is 9.78 Å². The maximum absolute atomic E-state index is 11.5. The molecule has 1 N–H and O–H groups in total. The molecule has 0 aliphatic carbocycles. The summed E-state index contributed by atoms with van der Waals surface area (Å²) in [5, 5.41) is 3.45. The van der Waals surface area contributed by atoms with Crippen molar-refractivity contribution < 1.29 is 13.9 Å². The van der Waals surface area contributed by atoms with Crippen molar-refractivity contribution in [1.82, 2.24) is 4.98 Å². The van der Waals surface area contributed by atoms with E-state index in [0.717, 1.165) is 5.69 Å². The summed E-state index contributed by atoms with van der Waals surface area (Å²) < 4.78 is 9.73. The normalized spacial score (nSPS) is 10.1. The van der Waals surface area contributed by atoms with Gasteiger partial charge in [-0.1, -0.05) is 11.6 Å². The Kier molecular flexibility index (Phi) is 3.84. The van der Waals surface area contributed by atoms with Gasteiger partial charge in [-0.15, -0.1) is 0 Å². The number of benzene rings is 1. The Morgan fingerprint density at radius 1 is 1.56 bits per heavy atom. The predicted octanol–water partition coefficient (Wildman–Crippen LogP) is 2.73. The van der Waals surface area contributed by atoms with Crippen molar-refractivity contribution in [3.8, 4) is 0 Å². The zero-order valence-corrected chi connectivity index (χ0v) is 10.4. The van der Waals surface area contributed by atoms with Gasteiger partial charge in [-0.2, -0.15) is 0 Å². The fourth-order valence-corrected chi connectivity index (χ4v) is 1.61. The van der Waals surface area contributed by atoms with E-state index < -0.39 is 5.97 Å². The van der Waals surface area contributed by atoms with Crippen LogP contribution in [-0.2, 0) is 11.3 Å². The van der Waals surface area contributed by atoms with Gasteiger partial charge in [0.05, 0.1) is 30.4 Å². The summed E-state index contributed by atoms with van der Waals surface area (Å²) in [5.74, 6) is 0.230. The average Bonchev–Trinajstić information content (AvgIpc) is 2.90. The Hall–Kier alpha value is -2.01. The van der Waals surface area contributed by atoms with Crippen LogP contribution >= 0.6 is 11.6 Å². The first-order valence-corrected chi connectivity index (χ1v) is 5.57. The first-order valence-electron chi connectivity index (χ1n) is 5.20. The van der Waals surface area contributed by atoms with Gasteiger partial charge in [0.1, 0.15) is 5.76 Å². The molecule has 5 nitrogen and oxygen atoms in total. The third kappa shape index (κ3) is 2.81. The molecule has 0 saturated heterocycles. The molecule has 0 bridgehead atoms. The third-order valence-electron chi connectivity index (χ3n) is 2.32. The first kappa shape index (κ1) is 12.4. The molecular weight excluding hydrogens is 256 g/mol. The van der Waals surface area contributed by atoms with Crippen LogP contribution in [0.2, 0.25) is 5.02 Å². The molecule has 1 aromatic carbocycles. The number of methoxy groups -OCH3 is 1. The molecule has 1 aromatic heterocycles. The standard InChI is InChI=1S/C12H11ClN2O3/c1-17-12(16)10-4-8(2-3-11(10)13)15-6-9-5-14-7-18-9/h2-5,7,15H,6H2,1H3. The van der Waals surface area contributed by atoms with Gasteiger partial charge in [0.25, 0.3) is 0 Å². The van der Waals surface area contributed by atoms with E-state index in [2.05, 4.69) is 15.0 Å². The highest BCUT2D eigenvalue weighted by atomic mass is 35.5. The SMILES string of the molecule is COC(=O)c1cc(NCc2cnco2)ccc1Cl. The molecule has 18 heavy (non-hydrogen) atoms. The Balaban J connectivity index is 2.12. The molecule has 1 heterocycles. The highest BCUT2D eigenvalue weighted by Crippen LogP contribution is 2.21. The van der Waals surface area contributed by atoms with E-state index in [9.17, 15) is 4.79 Å². The molecular formula is C12H11ClN2O3. The van der Waals surface area contributed by atoms with Gasteiger partial charge in [0, 0.05) is 5.69 Å². The number of hydrogen-bond acceptors (Lipinski definition) is 5. The molecule has 0 saturated carbocycles. The van der Waals surface area contributed by atoms with Gasteiger partial charge >= 0.3 is 5.97 Å². The van der Waals surface area contributed by atoms with Gasteiger partial charge in [-0.3, -0.25) is 0 Å². The van der Waals surface area contributed by atoms with Crippen molar-refractivity contribution in [2.75, 3.05) is 12.4 Å². The van der Waals surface area contributed by atoms with Crippen LogP contribution in [-0.4, -0.2) is 18.1 Å². The number of esters is 1. The number of carbonyl (C=O) groups excluding carboxylic acids is 1. The summed E-state index contributed by atoms with van der Waals surface area (Å²) in [6.07, 6.45) is 2.98. The second kappa shape index (κ2) is 5.55. The Morgan fingerprint density at radius 3 is 3.06 bits per heavy atom. The number of hydrogen-bond donors (Lipinski definition) is 1. The van der Waals surface area contributed by atoms with Gasteiger partial charge < -0.3 is 14.5 Å². The molecule has 2 rings (SSSR count). The number of nitrogens with zero attached hydrogens (tertiary/aromatic N) is 1. The van der Waals surface area contributed by atoms with Crippen molar-refractivity contribution >= 4 is 23.3 Å². The highest BCUT2D eigenvalue weighted by molar-refractivity contribution is 6.33. The molecule has 6 heteroatoms. The van der Waals surface area contributed by atoms with Crippen LogP contribution < -0.4 is 5.32 Å². The lowest BCUT2D eigenvalue weighted by atomic mass is 10.2.